The molecular weight excluding hydrogens is 589 g/mol. The van der Waals surface area contributed by atoms with E-state index in [1.54, 1.807) is 6.20 Å². The van der Waals surface area contributed by atoms with Crippen molar-refractivity contribution in [2.24, 2.45) is 0 Å². The number of unbranched alkanes of at least 4 members (excludes halogenated alkanes) is 1. The van der Waals surface area contributed by atoms with Gasteiger partial charge in [-0.05, 0) is 64.6 Å². The van der Waals surface area contributed by atoms with Crippen molar-refractivity contribution in [2.75, 3.05) is 22.9 Å². The van der Waals surface area contributed by atoms with Crippen molar-refractivity contribution in [3.63, 3.8) is 0 Å². The molecule has 3 aromatic carbocycles. The van der Waals surface area contributed by atoms with Crippen molar-refractivity contribution in [1.29, 1.82) is 0 Å². The Morgan fingerprint density at radius 1 is 0.705 bits per heavy atom. The van der Waals surface area contributed by atoms with Gasteiger partial charge < -0.3 is 24.0 Å². The number of rotatable bonds is 8. The molecule has 0 N–H and O–H groups in total. The van der Waals surface area contributed by atoms with Gasteiger partial charge in [-0.3, -0.25) is 4.98 Å². The Morgan fingerprint density at radius 2 is 1.27 bits per heavy atom. The number of imidazole rings is 1. The van der Waals surface area contributed by atoms with E-state index >= 15 is 0 Å². The maximum absolute atomic E-state index is 4.57. The van der Waals surface area contributed by atoms with Crippen LogP contribution in [0.4, 0.5) is 11.4 Å². The van der Waals surface area contributed by atoms with E-state index in [0.717, 1.165) is 65.6 Å². The van der Waals surface area contributed by atoms with Crippen LogP contribution in [-0.4, -0.2) is 37.3 Å². The fourth-order valence-corrected chi connectivity index (χ4v) is 4.95. The summed E-state index contributed by atoms with van der Waals surface area (Å²) in [6, 6.07) is 33.6. The molecule has 0 atom stereocenters. The molecule has 2 aliphatic rings. The molecule has 0 saturated carbocycles. The maximum Gasteiger partial charge on any atom is 0.120 e. The van der Waals surface area contributed by atoms with Crippen LogP contribution >= 0.6 is 0 Å². The molecule has 0 bridgehead atoms. The second-order valence-electron chi connectivity index (χ2n) is 10.3. The number of para-hydroxylation sites is 2. The van der Waals surface area contributed by atoms with Gasteiger partial charge in [0.2, 0.25) is 0 Å². The van der Waals surface area contributed by atoms with Gasteiger partial charge in [-0.1, -0.05) is 0 Å². The summed E-state index contributed by atoms with van der Waals surface area (Å²) in [5.41, 5.74) is 7.08. The predicted octanol–water partition coefficient (Wildman–Crippen LogP) is 7.00. The first kappa shape index (κ1) is 30.9. The average Bonchev–Trinajstić information content (AvgIpc) is 3.81. The SMILES string of the molecule is Cc1nc2c(-c3[c-]cccc3)nccn2c1C.[Co].[c-]1ccccc1N1C=CN(CCCCN2C=CN(c3[c-]cccc3)[CH-]2)[CH-]1. The van der Waals surface area contributed by atoms with Gasteiger partial charge in [0, 0.05) is 40.6 Å². The molecule has 227 valence electrons. The van der Waals surface area contributed by atoms with Crippen LogP contribution in [-0.2, 0) is 16.8 Å². The van der Waals surface area contributed by atoms with Gasteiger partial charge in [-0.25, -0.2) is 4.98 Å². The molecule has 0 spiro atoms. The van der Waals surface area contributed by atoms with Crippen molar-refractivity contribution < 1.29 is 16.8 Å². The molecule has 5 aromatic rings. The molecule has 1 radical (unpaired) electrons. The zero-order chi connectivity index (χ0) is 29.4. The third-order valence-electron chi connectivity index (χ3n) is 7.39. The normalized spacial score (nSPS) is 13.8. The van der Waals surface area contributed by atoms with Gasteiger partial charge in [0.1, 0.15) is 5.65 Å². The summed E-state index contributed by atoms with van der Waals surface area (Å²) in [6.45, 7) is 10.4. The summed E-state index contributed by atoms with van der Waals surface area (Å²) < 4.78 is 2.07. The molecule has 8 heteroatoms. The number of hydrogen-bond donors (Lipinski definition) is 0. The van der Waals surface area contributed by atoms with E-state index in [-0.39, 0.29) is 16.8 Å². The minimum Gasteiger partial charge on any atom is -0.508 e. The predicted molar refractivity (Wildman–Crippen MR) is 172 cm³/mol. The second-order valence-corrected chi connectivity index (χ2v) is 10.3. The minimum absolute atomic E-state index is 0. The first-order chi connectivity index (χ1) is 21.2. The van der Waals surface area contributed by atoms with Gasteiger partial charge in [0.25, 0.3) is 0 Å². The molecule has 7 nitrogen and oxygen atoms in total. The van der Waals surface area contributed by atoms with Crippen LogP contribution in [0.15, 0.2) is 110 Å². The number of benzene rings is 3. The summed E-state index contributed by atoms with van der Waals surface area (Å²) in [5.74, 6) is 0. The van der Waals surface area contributed by atoms with E-state index in [0.29, 0.717) is 0 Å². The number of fused-ring (bicyclic) bond motifs is 1. The average molecular weight is 624 g/mol. The van der Waals surface area contributed by atoms with Crippen LogP contribution in [0.5, 0.6) is 0 Å². The molecule has 2 aromatic heterocycles. The van der Waals surface area contributed by atoms with Gasteiger partial charge in [0.15, 0.2) is 0 Å². The first-order valence-electron chi connectivity index (χ1n) is 14.5. The van der Waals surface area contributed by atoms with Crippen LogP contribution in [0.2, 0.25) is 0 Å². The summed E-state index contributed by atoms with van der Waals surface area (Å²) in [7, 11) is 0. The standard InChI is InChI=1S/C22H22N4.C14H12N3.Co/c1-3-9-21(10-4-1)25-17-15-23(19-25)13-7-8-14-24-16-18-26(20-24)22-11-5-2-6-12-22;1-10-11(2)17-9-8-15-13(14(17)16-10)12-6-4-3-5-7-12;/h1-6,9,11,15-20H,7-8,13-14H2;3-6,8-9H,1-2H3;/q-4;-1;. The number of aryl methyl sites for hydroxylation is 2. The third kappa shape index (κ3) is 7.33. The molecule has 0 aliphatic carbocycles. The van der Waals surface area contributed by atoms with E-state index in [2.05, 4.69) is 109 Å². The van der Waals surface area contributed by atoms with Crippen molar-refractivity contribution in [3.05, 3.63) is 153 Å². The molecule has 0 unspecified atom stereocenters. The fraction of sp³-hybridized carbons (Fsp3) is 0.167. The van der Waals surface area contributed by atoms with E-state index in [1.807, 2.05) is 73.8 Å². The molecule has 7 rings (SSSR count). The molecule has 4 heterocycles. The molecule has 2 aliphatic heterocycles. The van der Waals surface area contributed by atoms with Crippen LogP contribution in [0.3, 0.4) is 0 Å². The Balaban J connectivity index is 0.000000185. The molecular formula is C36H34CoN7-5. The van der Waals surface area contributed by atoms with Crippen LogP contribution < -0.4 is 9.80 Å². The number of hydrogen-bond acceptors (Lipinski definition) is 6. The van der Waals surface area contributed by atoms with E-state index in [4.69, 9.17) is 0 Å². The van der Waals surface area contributed by atoms with Crippen molar-refractivity contribution in [2.45, 2.75) is 26.7 Å². The zero-order valence-electron chi connectivity index (χ0n) is 24.8. The Bertz CT molecular complexity index is 1600. The number of nitrogens with zero attached hydrogens (tertiary/aromatic N) is 7. The van der Waals surface area contributed by atoms with Gasteiger partial charge in [-0.15, -0.1) is 47.3 Å². The fourth-order valence-electron chi connectivity index (χ4n) is 4.95. The Kier molecular flexibility index (Phi) is 10.4. The Labute approximate surface area is 271 Å². The van der Waals surface area contributed by atoms with Crippen molar-refractivity contribution >= 4 is 17.0 Å². The van der Waals surface area contributed by atoms with E-state index in [1.165, 1.54) is 0 Å². The third-order valence-corrected chi connectivity index (χ3v) is 7.39. The zero-order valence-corrected chi connectivity index (χ0v) is 25.9. The summed E-state index contributed by atoms with van der Waals surface area (Å²) in [4.78, 5) is 17.7. The van der Waals surface area contributed by atoms with Gasteiger partial charge >= 0.3 is 0 Å². The largest absolute Gasteiger partial charge is 0.508 e. The maximum atomic E-state index is 4.57. The van der Waals surface area contributed by atoms with Crippen LogP contribution in [0.25, 0.3) is 16.9 Å². The topological polar surface area (TPSA) is 43.2 Å². The first-order valence-corrected chi connectivity index (χ1v) is 14.5. The summed E-state index contributed by atoms with van der Waals surface area (Å²) >= 11 is 0. The number of anilines is 2. The van der Waals surface area contributed by atoms with Crippen LogP contribution in [0.1, 0.15) is 24.2 Å². The van der Waals surface area contributed by atoms with Crippen molar-refractivity contribution in [1.82, 2.24) is 24.2 Å². The van der Waals surface area contributed by atoms with Crippen molar-refractivity contribution in [3.8, 4) is 11.3 Å². The van der Waals surface area contributed by atoms with Crippen LogP contribution in [0, 0.1) is 45.4 Å². The smallest absolute Gasteiger partial charge is 0.120 e. The van der Waals surface area contributed by atoms with Gasteiger partial charge in [-0.2, -0.15) is 74.0 Å². The van der Waals surface area contributed by atoms with Gasteiger partial charge in [0.05, 0.1) is 5.69 Å². The molecule has 0 fully saturated rings. The molecule has 0 saturated heterocycles. The molecule has 44 heavy (non-hydrogen) atoms. The second kappa shape index (κ2) is 14.8. The van der Waals surface area contributed by atoms with E-state index in [9.17, 15) is 0 Å². The monoisotopic (exact) mass is 623 g/mol. The van der Waals surface area contributed by atoms with E-state index < -0.39 is 0 Å². The Hall–Kier alpha value is -4.53. The minimum atomic E-state index is 0. The molecule has 0 amide bonds. The Morgan fingerprint density at radius 3 is 1.80 bits per heavy atom. The summed E-state index contributed by atoms with van der Waals surface area (Å²) in [6.07, 6.45) is 14.4. The number of aromatic nitrogens is 3. The summed E-state index contributed by atoms with van der Waals surface area (Å²) in [5, 5.41) is 0. The quantitative estimate of drug-likeness (QED) is 0.137.